The van der Waals surface area contributed by atoms with Crippen LogP contribution in [-0.4, -0.2) is 24.1 Å². The third kappa shape index (κ3) is 6.34. The Hall–Kier alpha value is -1.42. The minimum Gasteiger partial charge on any atom is -0.372 e. The van der Waals surface area contributed by atoms with E-state index in [0.29, 0.717) is 6.61 Å². The number of nitrogens with zero attached hydrogens (tertiary/aromatic N) is 1. The molecule has 0 saturated carbocycles. The van der Waals surface area contributed by atoms with Crippen molar-refractivity contribution in [3.8, 4) is 0 Å². The Bertz CT molecular complexity index is 385. The molecule has 1 amide bonds. The fourth-order valence-corrected chi connectivity index (χ4v) is 1.88. The van der Waals surface area contributed by atoms with Gasteiger partial charge < -0.3 is 10.1 Å². The largest absolute Gasteiger partial charge is 0.372 e. The fourth-order valence-electron chi connectivity index (χ4n) is 1.88. The van der Waals surface area contributed by atoms with Gasteiger partial charge in [0.1, 0.15) is 6.61 Å². The van der Waals surface area contributed by atoms with Gasteiger partial charge in [0, 0.05) is 19.0 Å². The van der Waals surface area contributed by atoms with Gasteiger partial charge in [-0.25, -0.2) is 0 Å². The van der Waals surface area contributed by atoms with E-state index >= 15 is 0 Å². The normalized spacial score (nSPS) is 13.1. The first-order valence-electron chi connectivity index (χ1n) is 6.69. The summed E-state index contributed by atoms with van der Waals surface area (Å²) in [5, 5.41) is 3.02. The average molecular weight is 264 g/mol. The van der Waals surface area contributed by atoms with Crippen LogP contribution in [0.5, 0.6) is 0 Å². The van der Waals surface area contributed by atoms with Gasteiger partial charge in [0.15, 0.2) is 0 Å². The van der Waals surface area contributed by atoms with Crippen LogP contribution in [0, 0.1) is 5.41 Å². The summed E-state index contributed by atoms with van der Waals surface area (Å²) in [5.74, 6) is -0.0834. The molecule has 19 heavy (non-hydrogen) atoms. The lowest BCUT2D eigenvalue weighted by Crippen LogP contribution is -2.33. The molecule has 1 aromatic rings. The van der Waals surface area contributed by atoms with Crippen molar-refractivity contribution < 1.29 is 9.53 Å². The van der Waals surface area contributed by atoms with Crippen LogP contribution in [-0.2, 0) is 9.53 Å². The van der Waals surface area contributed by atoms with E-state index in [1.54, 1.807) is 12.4 Å². The molecule has 4 nitrogen and oxygen atoms in total. The second-order valence-corrected chi connectivity index (χ2v) is 5.81. The van der Waals surface area contributed by atoms with Crippen molar-refractivity contribution in [3.63, 3.8) is 0 Å². The molecule has 0 aliphatic rings. The smallest absolute Gasteiger partial charge is 0.246 e. The second-order valence-electron chi connectivity index (χ2n) is 5.81. The molecule has 1 atom stereocenters. The Kier molecular flexibility index (Phi) is 5.96. The zero-order valence-electron chi connectivity index (χ0n) is 12.3. The topological polar surface area (TPSA) is 51.2 Å². The van der Waals surface area contributed by atoms with Gasteiger partial charge in [0.2, 0.25) is 5.91 Å². The standard InChI is InChI=1S/C15H24N2O2/c1-5-19-11-14(18)17-13(9-15(2,3)4)12-7-6-8-16-10-12/h6-8,10,13H,5,9,11H2,1-4H3,(H,17,18). The van der Waals surface area contributed by atoms with E-state index in [2.05, 4.69) is 31.1 Å². The van der Waals surface area contributed by atoms with Gasteiger partial charge in [0.05, 0.1) is 6.04 Å². The van der Waals surface area contributed by atoms with Crippen LogP contribution in [0.15, 0.2) is 24.5 Å². The molecule has 1 aromatic heterocycles. The number of nitrogens with one attached hydrogen (secondary N) is 1. The Balaban J connectivity index is 2.73. The fraction of sp³-hybridized carbons (Fsp3) is 0.600. The summed E-state index contributed by atoms with van der Waals surface area (Å²) in [6, 6.07) is 3.85. The highest BCUT2D eigenvalue weighted by Gasteiger charge is 2.22. The Morgan fingerprint density at radius 3 is 2.74 bits per heavy atom. The van der Waals surface area contributed by atoms with Crippen LogP contribution in [0.3, 0.4) is 0 Å². The summed E-state index contributed by atoms with van der Waals surface area (Å²) < 4.78 is 5.13. The van der Waals surface area contributed by atoms with Crippen LogP contribution in [0.25, 0.3) is 0 Å². The maximum Gasteiger partial charge on any atom is 0.246 e. The molecule has 1 heterocycles. The van der Waals surface area contributed by atoms with Crippen molar-refractivity contribution in [2.24, 2.45) is 5.41 Å². The number of hydrogen-bond acceptors (Lipinski definition) is 3. The van der Waals surface area contributed by atoms with Gasteiger partial charge in [-0.1, -0.05) is 26.8 Å². The lowest BCUT2D eigenvalue weighted by atomic mass is 9.86. The number of pyridine rings is 1. The van der Waals surface area contributed by atoms with Gasteiger partial charge in [-0.15, -0.1) is 0 Å². The molecule has 4 heteroatoms. The van der Waals surface area contributed by atoms with E-state index in [1.807, 2.05) is 19.1 Å². The quantitative estimate of drug-likeness (QED) is 0.859. The van der Waals surface area contributed by atoms with Crippen LogP contribution in [0.2, 0.25) is 0 Å². The van der Waals surface area contributed by atoms with E-state index in [-0.39, 0.29) is 24.0 Å². The molecule has 1 unspecified atom stereocenters. The van der Waals surface area contributed by atoms with E-state index in [9.17, 15) is 4.79 Å². The number of aromatic nitrogens is 1. The van der Waals surface area contributed by atoms with Crippen molar-refractivity contribution >= 4 is 5.91 Å². The molecule has 0 aromatic carbocycles. The maximum atomic E-state index is 11.8. The molecule has 0 saturated heterocycles. The van der Waals surface area contributed by atoms with Crippen molar-refractivity contribution in [1.82, 2.24) is 10.3 Å². The summed E-state index contributed by atoms with van der Waals surface area (Å²) in [7, 11) is 0. The number of amides is 1. The number of rotatable bonds is 6. The number of carbonyl (C=O) groups is 1. The Morgan fingerprint density at radius 1 is 1.47 bits per heavy atom. The monoisotopic (exact) mass is 264 g/mol. The van der Waals surface area contributed by atoms with Gasteiger partial charge in [0.25, 0.3) is 0 Å². The average Bonchev–Trinajstić information content (AvgIpc) is 2.35. The molecule has 1 rings (SSSR count). The highest BCUT2D eigenvalue weighted by atomic mass is 16.5. The number of carbonyl (C=O) groups excluding carboxylic acids is 1. The van der Waals surface area contributed by atoms with Crippen LogP contribution >= 0.6 is 0 Å². The van der Waals surface area contributed by atoms with Crippen molar-refractivity contribution in [1.29, 1.82) is 0 Å². The van der Waals surface area contributed by atoms with Gasteiger partial charge >= 0.3 is 0 Å². The van der Waals surface area contributed by atoms with Gasteiger partial charge in [-0.2, -0.15) is 0 Å². The predicted octanol–water partition coefficient (Wildman–Crippen LogP) is 2.71. The number of ether oxygens (including phenoxy) is 1. The molecule has 0 bridgehead atoms. The van der Waals surface area contributed by atoms with E-state index < -0.39 is 0 Å². The third-order valence-electron chi connectivity index (χ3n) is 2.68. The zero-order chi connectivity index (χ0) is 14.3. The Morgan fingerprint density at radius 2 is 2.21 bits per heavy atom. The minimum atomic E-state index is -0.0834. The van der Waals surface area contributed by atoms with Crippen LogP contribution in [0.1, 0.15) is 45.7 Å². The molecule has 0 aliphatic carbocycles. The van der Waals surface area contributed by atoms with Crippen LogP contribution in [0.4, 0.5) is 0 Å². The van der Waals surface area contributed by atoms with Gasteiger partial charge in [-0.05, 0) is 30.4 Å². The van der Waals surface area contributed by atoms with Crippen LogP contribution < -0.4 is 5.32 Å². The summed E-state index contributed by atoms with van der Waals surface area (Å²) >= 11 is 0. The molecule has 0 fully saturated rings. The molecule has 1 N–H and O–H groups in total. The van der Waals surface area contributed by atoms with Crippen molar-refractivity contribution in [2.75, 3.05) is 13.2 Å². The lowest BCUT2D eigenvalue weighted by Gasteiger charge is -2.27. The Labute approximate surface area is 115 Å². The first-order chi connectivity index (χ1) is 8.92. The van der Waals surface area contributed by atoms with Crippen molar-refractivity contribution in [2.45, 2.75) is 40.2 Å². The molecular weight excluding hydrogens is 240 g/mol. The summed E-state index contributed by atoms with van der Waals surface area (Å²) in [6.45, 7) is 9.00. The molecule has 0 spiro atoms. The SMILES string of the molecule is CCOCC(=O)NC(CC(C)(C)C)c1cccnc1. The lowest BCUT2D eigenvalue weighted by molar-refractivity contribution is -0.126. The number of hydrogen-bond donors (Lipinski definition) is 1. The van der Waals surface area contributed by atoms with E-state index in [1.165, 1.54) is 0 Å². The first kappa shape index (κ1) is 15.6. The van der Waals surface area contributed by atoms with Gasteiger partial charge in [-0.3, -0.25) is 9.78 Å². The first-order valence-corrected chi connectivity index (χ1v) is 6.69. The summed E-state index contributed by atoms with van der Waals surface area (Å²) in [6.07, 6.45) is 4.40. The van der Waals surface area contributed by atoms with E-state index in [4.69, 9.17) is 4.74 Å². The summed E-state index contributed by atoms with van der Waals surface area (Å²) in [5.41, 5.74) is 1.15. The molecular formula is C15H24N2O2. The minimum absolute atomic E-state index is 0.0262. The third-order valence-corrected chi connectivity index (χ3v) is 2.68. The van der Waals surface area contributed by atoms with Crippen molar-refractivity contribution in [3.05, 3.63) is 30.1 Å². The highest BCUT2D eigenvalue weighted by Crippen LogP contribution is 2.28. The predicted molar refractivity (Wildman–Crippen MR) is 75.7 cm³/mol. The molecule has 0 aliphatic heterocycles. The highest BCUT2D eigenvalue weighted by molar-refractivity contribution is 5.77. The maximum absolute atomic E-state index is 11.8. The van der Waals surface area contributed by atoms with E-state index in [0.717, 1.165) is 12.0 Å². The molecule has 0 radical (unpaired) electrons. The zero-order valence-corrected chi connectivity index (χ0v) is 12.3. The second kappa shape index (κ2) is 7.24. The molecule has 106 valence electrons. The summed E-state index contributed by atoms with van der Waals surface area (Å²) in [4.78, 5) is 15.9.